The highest BCUT2D eigenvalue weighted by molar-refractivity contribution is 5.88. The third-order valence-electron chi connectivity index (χ3n) is 14.4. The van der Waals surface area contributed by atoms with Gasteiger partial charge in [0.15, 0.2) is 0 Å². The molecule has 2 N–H and O–H groups in total. The molecule has 11 heteroatoms. The van der Waals surface area contributed by atoms with E-state index in [1.165, 1.54) is 129 Å². The zero-order valence-corrected chi connectivity index (χ0v) is 44.0. The summed E-state index contributed by atoms with van der Waals surface area (Å²) >= 11 is 0. The molecule has 3 amide bonds. The molecule has 2 fully saturated rings. The second kappa shape index (κ2) is 38.1. The first-order valence-corrected chi connectivity index (χ1v) is 27.7. The number of hydrogen-bond acceptors (Lipinski definition) is 8. The summed E-state index contributed by atoms with van der Waals surface area (Å²) in [5, 5.41) is 6.29. The normalized spacial score (nSPS) is 18.0. The summed E-state index contributed by atoms with van der Waals surface area (Å²) < 4.78 is 11.7. The van der Waals surface area contributed by atoms with Crippen molar-refractivity contribution >= 4 is 17.7 Å². The van der Waals surface area contributed by atoms with Crippen molar-refractivity contribution in [1.82, 2.24) is 30.2 Å². The molecule has 4 unspecified atom stereocenters. The molecule has 0 aromatic carbocycles. The van der Waals surface area contributed by atoms with Gasteiger partial charge < -0.3 is 34.8 Å². The summed E-state index contributed by atoms with van der Waals surface area (Å²) in [5.41, 5.74) is 0. The van der Waals surface area contributed by atoms with Crippen molar-refractivity contribution in [3.8, 4) is 0 Å². The number of likely N-dealkylation sites (tertiary alicyclic amines) is 2. The first-order chi connectivity index (χ1) is 31.5. The van der Waals surface area contributed by atoms with E-state index in [9.17, 15) is 14.4 Å². The molecule has 11 nitrogen and oxygen atoms in total. The van der Waals surface area contributed by atoms with Gasteiger partial charge in [0.2, 0.25) is 17.7 Å². The van der Waals surface area contributed by atoms with Crippen LogP contribution in [0.5, 0.6) is 0 Å². The maximum Gasteiger partial charge on any atom is 0.243 e. The number of unbranched alkanes of at least 4 members (excludes halogenated alkanes) is 17. The predicted molar refractivity (Wildman–Crippen MR) is 272 cm³/mol. The molecule has 0 spiro atoms. The SMILES string of the molecule is CCCCCCCCCCCCN(CCC1CCCN1C)C(C(=O)NCCOCCOCCNC(=O)C(C(C)C)N(CCC1CCCN1C)C(=O)CCCCCCCCCCC)C(C)C. The number of nitrogens with one attached hydrogen (secondary N) is 2. The molecule has 65 heavy (non-hydrogen) atoms. The van der Waals surface area contributed by atoms with Crippen molar-refractivity contribution in [2.75, 3.05) is 86.3 Å². The summed E-state index contributed by atoms with van der Waals surface area (Å²) in [6.07, 6.45) is 31.5. The maximum atomic E-state index is 13.8. The van der Waals surface area contributed by atoms with Gasteiger partial charge >= 0.3 is 0 Å². The van der Waals surface area contributed by atoms with Gasteiger partial charge in [0.05, 0.1) is 32.5 Å². The average molecular weight is 919 g/mol. The molecule has 0 radical (unpaired) electrons. The van der Waals surface area contributed by atoms with Crippen molar-refractivity contribution in [3.05, 3.63) is 0 Å². The Labute approximate surface area is 401 Å². The Morgan fingerprint density at radius 3 is 1.38 bits per heavy atom. The molecule has 0 saturated carbocycles. The molecule has 4 atom stereocenters. The van der Waals surface area contributed by atoms with Crippen molar-refractivity contribution in [2.24, 2.45) is 11.8 Å². The van der Waals surface area contributed by atoms with Crippen molar-refractivity contribution in [3.63, 3.8) is 0 Å². The molecular formula is C54H106N6O5. The maximum absolute atomic E-state index is 13.8. The first kappa shape index (κ1) is 59.3. The standard InChI is InChI=1S/C54H106N6O5/c1-9-11-13-15-17-19-21-23-25-27-39-59(40-33-48-30-28-37-57(48)7)51(46(3)4)53(62)55-35-42-64-44-45-65-43-36-56-54(63)52(47(5)6)60(41-34-49-31-29-38-58(49)8)50(61)32-26-24-22-20-18-16-14-12-10-2/h46-49,51-52H,9-45H2,1-8H3,(H,55,62)(H,56,63). The minimum Gasteiger partial charge on any atom is -0.377 e. The number of carbonyl (C=O) groups is 3. The number of amides is 3. The largest absolute Gasteiger partial charge is 0.377 e. The van der Waals surface area contributed by atoms with Gasteiger partial charge in [-0.3, -0.25) is 19.3 Å². The number of nitrogens with zero attached hydrogens (tertiary/aromatic N) is 4. The second-order valence-electron chi connectivity index (χ2n) is 20.7. The molecule has 382 valence electrons. The molecular weight excluding hydrogens is 813 g/mol. The van der Waals surface area contributed by atoms with Crippen LogP contribution < -0.4 is 10.6 Å². The minimum atomic E-state index is -0.498. The molecule has 0 bridgehead atoms. The lowest BCUT2D eigenvalue weighted by molar-refractivity contribution is -0.142. The third kappa shape index (κ3) is 26.5. The smallest absolute Gasteiger partial charge is 0.243 e. The van der Waals surface area contributed by atoms with Crippen LogP contribution in [0, 0.1) is 11.8 Å². The second-order valence-corrected chi connectivity index (χ2v) is 20.7. The van der Waals surface area contributed by atoms with Gasteiger partial charge in [-0.05, 0) is 96.9 Å². The zero-order chi connectivity index (χ0) is 47.5. The summed E-state index contributed by atoms with van der Waals surface area (Å²) in [5.74, 6) is 0.346. The summed E-state index contributed by atoms with van der Waals surface area (Å²) in [7, 11) is 4.42. The van der Waals surface area contributed by atoms with Crippen LogP contribution in [-0.4, -0.2) is 148 Å². The van der Waals surface area contributed by atoms with E-state index in [0.29, 0.717) is 64.6 Å². The zero-order valence-electron chi connectivity index (χ0n) is 44.0. The van der Waals surface area contributed by atoms with Crippen molar-refractivity contribution in [2.45, 2.75) is 233 Å². The highest BCUT2D eigenvalue weighted by Crippen LogP contribution is 2.23. The predicted octanol–water partition coefficient (Wildman–Crippen LogP) is 10.2. The number of carbonyl (C=O) groups excluding carboxylic acids is 3. The first-order valence-electron chi connectivity index (χ1n) is 27.7. The molecule has 2 rings (SSSR count). The van der Waals surface area contributed by atoms with E-state index in [2.05, 4.69) is 81.0 Å². The monoisotopic (exact) mass is 919 g/mol. The van der Waals surface area contributed by atoms with Crippen molar-refractivity contribution < 1.29 is 23.9 Å². The van der Waals surface area contributed by atoms with E-state index in [0.717, 1.165) is 58.2 Å². The molecule has 0 aromatic rings. The highest BCUT2D eigenvalue weighted by atomic mass is 16.5. The van der Waals surface area contributed by atoms with E-state index in [1.54, 1.807) is 0 Å². The van der Waals surface area contributed by atoms with Crippen LogP contribution in [0.25, 0.3) is 0 Å². The Morgan fingerprint density at radius 1 is 0.538 bits per heavy atom. The van der Waals surface area contributed by atoms with E-state index in [4.69, 9.17) is 9.47 Å². The summed E-state index contributed by atoms with van der Waals surface area (Å²) in [6, 6.07) is 0.435. The number of rotatable bonds is 42. The van der Waals surface area contributed by atoms with E-state index >= 15 is 0 Å². The Hall–Kier alpha value is -1.79. The van der Waals surface area contributed by atoms with Gasteiger partial charge in [-0.15, -0.1) is 0 Å². The van der Waals surface area contributed by atoms with E-state index in [1.807, 2.05) is 4.90 Å². The Morgan fingerprint density at radius 2 is 0.954 bits per heavy atom. The van der Waals surface area contributed by atoms with E-state index in [-0.39, 0.29) is 35.6 Å². The fraction of sp³-hybridized carbons (Fsp3) is 0.944. The van der Waals surface area contributed by atoms with Gasteiger partial charge in [-0.1, -0.05) is 151 Å². The number of hydrogen-bond donors (Lipinski definition) is 2. The topological polar surface area (TPSA) is 107 Å². The van der Waals surface area contributed by atoms with Gasteiger partial charge in [-0.25, -0.2) is 0 Å². The molecule has 2 saturated heterocycles. The van der Waals surface area contributed by atoms with Crippen LogP contribution in [0.15, 0.2) is 0 Å². The Kier molecular flexibility index (Phi) is 34.8. The van der Waals surface area contributed by atoms with Crippen LogP contribution in [0.2, 0.25) is 0 Å². The van der Waals surface area contributed by atoms with Crippen LogP contribution in [0.1, 0.15) is 208 Å². The molecule has 0 aliphatic carbocycles. The Balaban J connectivity index is 1.75. The summed E-state index contributed by atoms with van der Waals surface area (Å²) in [4.78, 5) is 50.5. The lowest BCUT2D eigenvalue weighted by atomic mass is 9.99. The molecule has 0 aromatic heterocycles. The fourth-order valence-electron chi connectivity index (χ4n) is 10.4. The van der Waals surface area contributed by atoms with Gasteiger partial charge in [0.1, 0.15) is 6.04 Å². The average Bonchev–Trinajstić information content (AvgIpc) is 3.90. The third-order valence-corrected chi connectivity index (χ3v) is 14.4. The summed E-state index contributed by atoms with van der Waals surface area (Å²) in [6.45, 7) is 20.3. The molecule has 2 aliphatic heterocycles. The van der Waals surface area contributed by atoms with Gasteiger partial charge in [0.25, 0.3) is 0 Å². The van der Waals surface area contributed by atoms with Gasteiger partial charge in [-0.2, -0.15) is 0 Å². The van der Waals surface area contributed by atoms with Crippen LogP contribution in [0.3, 0.4) is 0 Å². The number of ether oxygens (including phenoxy) is 2. The quantitative estimate of drug-likeness (QED) is 0.0584. The fourth-order valence-corrected chi connectivity index (χ4v) is 10.4. The molecule has 2 heterocycles. The van der Waals surface area contributed by atoms with Gasteiger partial charge in [0, 0.05) is 44.7 Å². The van der Waals surface area contributed by atoms with E-state index < -0.39 is 6.04 Å². The molecule has 2 aliphatic rings. The minimum absolute atomic E-state index is 0.000515. The van der Waals surface area contributed by atoms with Crippen LogP contribution >= 0.6 is 0 Å². The lowest BCUT2D eigenvalue weighted by Gasteiger charge is -2.35. The Bertz CT molecular complexity index is 1190. The lowest BCUT2D eigenvalue weighted by Crippen LogP contribution is -2.53. The van der Waals surface area contributed by atoms with Crippen LogP contribution in [0.4, 0.5) is 0 Å². The van der Waals surface area contributed by atoms with Crippen molar-refractivity contribution in [1.29, 1.82) is 0 Å². The van der Waals surface area contributed by atoms with Crippen LogP contribution in [-0.2, 0) is 23.9 Å². The highest BCUT2D eigenvalue weighted by Gasteiger charge is 2.34.